The molecule has 248 valence electrons. The number of hydrogen-bond donors (Lipinski definition) is 4. The lowest BCUT2D eigenvalue weighted by molar-refractivity contribution is -0.123. The maximum absolute atomic E-state index is 13.9. The van der Waals surface area contributed by atoms with Crippen molar-refractivity contribution in [3.8, 4) is 5.75 Å². The first-order valence-corrected chi connectivity index (χ1v) is 16.1. The number of ether oxygens (including phenoxy) is 1. The normalized spacial score (nSPS) is 12.6. The number of benzene rings is 3. The molecule has 0 unspecified atom stereocenters. The van der Waals surface area contributed by atoms with Crippen LogP contribution >= 0.6 is 0 Å². The van der Waals surface area contributed by atoms with Crippen molar-refractivity contribution in [2.75, 3.05) is 32.1 Å². The predicted molar refractivity (Wildman–Crippen MR) is 183 cm³/mol. The van der Waals surface area contributed by atoms with Crippen LogP contribution in [0.25, 0.3) is 0 Å². The lowest BCUT2D eigenvalue weighted by atomic mass is 9.95. The minimum atomic E-state index is -0.927. The van der Waals surface area contributed by atoms with Crippen LogP contribution < -0.4 is 20.7 Å². The quantitative estimate of drug-likeness (QED) is 0.168. The largest absolute Gasteiger partial charge is 0.497 e. The highest BCUT2D eigenvalue weighted by Gasteiger charge is 2.26. The topological polar surface area (TPSA) is 120 Å². The average molecular weight is 631 g/mol. The summed E-state index contributed by atoms with van der Waals surface area (Å²) in [6.45, 7) is 11.3. The zero-order valence-electron chi connectivity index (χ0n) is 28.1. The van der Waals surface area contributed by atoms with E-state index in [2.05, 4.69) is 16.0 Å². The molecule has 0 spiro atoms. The summed E-state index contributed by atoms with van der Waals surface area (Å²) in [5.41, 5.74) is 2.18. The van der Waals surface area contributed by atoms with Crippen LogP contribution in [0.4, 0.5) is 5.69 Å². The molecule has 0 saturated carbocycles. The molecule has 0 saturated heterocycles. The van der Waals surface area contributed by atoms with Crippen molar-refractivity contribution in [2.45, 2.75) is 72.6 Å². The van der Waals surface area contributed by atoms with Gasteiger partial charge in [0.05, 0.1) is 19.3 Å². The summed E-state index contributed by atoms with van der Waals surface area (Å²) in [5, 5.41) is 20.5. The van der Waals surface area contributed by atoms with Crippen molar-refractivity contribution >= 4 is 23.4 Å². The third-order valence-electron chi connectivity index (χ3n) is 7.55. The maximum Gasteiger partial charge on any atom is 0.253 e. The van der Waals surface area contributed by atoms with Gasteiger partial charge in [-0.1, -0.05) is 77.1 Å². The molecule has 0 aliphatic heterocycles. The van der Waals surface area contributed by atoms with Gasteiger partial charge in [-0.25, -0.2) is 0 Å². The molecule has 9 heteroatoms. The first-order valence-electron chi connectivity index (χ1n) is 16.1. The molecule has 0 aliphatic carbocycles. The Hall–Kier alpha value is -4.21. The van der Waals surface area contributed by atoms with Crippen molar-refractivity contribution < 1.29 is 24.2 Å². The second-order valence-electron chi connectivity index (χ2n) is 12.6. The van der Waals surface area contributed by atoms with E-state index in [1.165, 1.54) is 0 Å². The highest BCUT2D eigenvalue weighted by atomic mass is 16.5. The second-order valence-corrected chi connectivity index (χ2v) is 12.6. The fourth-order valence-electron chi connectivity index (χ4n) is 5.00. The molecule has 4 N–H and O–H groups in total. The number of amides is 3. The van der Waals surface area contributed by atoms with E-state index in [1.807, 2.05) is 68.4 Å². The van der Waals surface area contributed by atoms with E-state index >= 15 is 0 Å². The van der Waals surface area contributed by atoms with Crippen molar-refractivity contribution in [2.24, 2.45) is 5.41 Å². The van der Waals surface area contributed by atoms with E-state index in [9.17, 15) is 19.5 Å². The van der Waals surface area contributed by atoms with Crippen molar-refractivity contribution in [3.63, 3.8) is 0 Å². The standard InChI is InChI=1S/C37H50N4O5/c1-7-17-41(18-8-2)35(44)29-21-28(22-30(23-29)39-36(45)37(3,4)5)34(43)40-32(20-26-13-10-9-11-14-26)33(42)25-38-24-27-15-12-16-31(19-27)46-6/h9-16,19,21-23,32-33,38,42H,7-8,17-18,20,24-25H2,1-6H3,(H,39,45)(H,40,43)/t32-,33+/m0/s1. The number of hydrogen-bond acceptors (Lipinski definition) is 6. The number of carbonyl (C=O) groups excluding carboxylic acids is 3. The summed E-state index contributed by atoms with van der Waals surface area (Å²) >= 11 is 0. The average Bonchev–Trinajstić information content (AvgIpc) is 3.03. The van der Waals surface area contributed by atoms with Gasteiger partial charge in [-0.2, -0.15) is 0 Å². The molecule has 0 bridgehead atoms. The molecule has 0 aromatic heterocycles. The van der Waals surface area contributed by atoms with E-state index in [4.69, 9.17) is 4.74 Å². The SMILES string of the molecule is CCCN(CCC)C(=O)c1cc(NC(=O)C(C)(C)C)cc(C(=O)N[C@@H](Cc2ccccc2)[C@H](O)CNCc2cccc(OC)c2)c1. The van der Waals surface area contributed by atoms with Gasteiger partial charge in [0, 0.05) is 48.4 Å². The molecule has 0 fully saturated rings. The zero-order valence-corrected chi connectivity index (χ0v) is 28.1. The second kappa shape index (κ2) is 17.5. The molecular formula is C37H50N4O5. The van der Waals surface area contributed by atoms with E-state index in [0.717, 1.165) is 29.7 Å². The summed E-state index contributed by atoms with van der Waals surface area (Å²) < 4.78 is 5.31. The number of nitrogens with zero attached hydrogens (tertiary/aromatic N) is 1. The lowest BCUT2D eigenvalue weighted by Crippen LogP contribution is -2.48. The van der Waals surface area contributed by atoms with Crippen LogP contribution in [0.3, 0.4) is 0 Å². The summed E-state index contributed by atoms with van der Waals surface area (Å²) in [6.07, 6.45) is 1.06. The summed E-state index contributed by atoms with van der Waals surface area (Å²) in [4.78, 5) is 42.1. The van der Waals surface area contributed by atoms with Crippen LogP contribution in [0.5, 0.6) is 5.75 Å². The first kappa shape index (κ1) is 36.3. The van der Waals surface area contributed by atoms with Crippen LogP contribution in [0.15, 0.2) is 72.8 Å². The Labute approximate surface area is 273 Å². The fourth-order valence-corrected chi connectivity index (χ4v) is 5.00. The number of rotatable bonds is 16. The Kier molecular flexibility index (Phi) is 13.8. The lowest BCUT2D eigenvalue weighted by Gasteiger charge is -2.26. The van der Waals surface area contributed by atoms with Gasteiger partial charge in [-0.3, -0.25) is 14.4 Å². The minimum Gasteiger partial charge on any atom is -0.497 e. The predicted octanol–water partition coefficient (Wildman–Crippen LogP) is 5.43. The number of carbonyl (C=O) groups is 3. The molecule has 3 aromatic carbocycles. The van der Waals surface area contributed by atoms with E-state index in [1.54, 1.807) is 51.0 Å². The van der Waals surface area contributed by atoms with Crippen LogP contribution in [0, 0.1) is 5.41 Å². The number of methoxy groups -OCH3 is 1. The third-order valence-corrected chi connectivity index (χ3v) is 7.55. The first-order chi connectivity index (χ1) is 21.9. The summed E-state index contributed by atoms with van der Waals surface area (Å²) in [6, 6.07) is 21.4. The Morgan fingerprint density at radius 1 is 0.870 bits per heavy atom. The van der Waals surface area contributed by atoms with Gasteiger partial charge < -0.3 is 30.7 Å². The molecule has 0 radical (unpaired) electrons. The van der Waals surface area contributed by atoms with Gasteiger partial charge >= 0.3 is 0 Å². The molecule has 3 amide bonds. The van der Waals surface area contributed by atoms with Gasteiger partial charge in [0.15, 0.2) is 0 Å². The molecular weight excluding hydrogens is 580 g/mol. The molecule has 3 aromatic rings. The van der Waals surface area contributed by atoms with Gasteiger partial charge in [0.2, 0.25) is 5.91 Å². The number of aliphatic hydroxyl groups is 1. The van der Waals surface area contributed by atoms with Gasteiger partial charge in [0.25, 0.3) is 11.8 Å². The molecule has 0 heterocycles. The monoisotopic (exact) mass is 630 g/mol. The van der Waals surface area contributed by atoms with Crippen LogP contribution in [0.2, 0.25) is 0 Å². The fraction of sp³-hybridized carbons (Fsp3) is 0.432. The number of nitrogens with one attached hydrogen (secondary N) is 3. The maximum atomic E-state index is 13.9. The molecule has 9 nitrogen and oxygen atoms in total. The van der Waals surface area contributed by atoms with Crippen LogP contribution in [-0.2, 0) is 17.8 Å². The van der Waals surface area contributed by atoms with Crippen molar-refractivity contribution in [1.82, 2.24) is 15.5 Å². The highest BCUT2D eigenvalue weighted by Crippen LogP contribution is 2.22. The van der Waals surface area contributed by atoms with E-state index < -0.39 is 23.5 Å². The zero-order chi connectivity index (χ0) is 33.7. The molecule has 46 heavy (non-hydrogen) atoms. The Balaban J connectivity index is 1.88. The summed E-state index contributed by atoms with van der Waals surface area (Å²) in [7, 11) is 1.62. The van der Waals surface area contributed by atoms with E-state index in [-0.39, 0.29) is 23.9 Å². The number of anilines is 1. The van der Waals surface area contributed by atoms with Gasteiger partial charge in [-0.05, 0) is 60.7 Å². The van der Waals surface area contributed by atoms with Crippen LogP contribution in [0.1, 0.15) is 79.3 Å². The van der Waals surface area contributed by atoms with Crippen molar-refractivity contribution in [1.29, 1.82) is 0 Å². The molecule has 3 rings (SSSR count). The smallest absolute Gasteiger partial charge is 0.253 e. The highest BCUT2D eigenvalue weighted by molar-refractivity contribution is 6.03. The minimum absolute atomic E-state index is 0.202. The van der Waals surface area contributed by atoms with E-state index in [0.29, 0.717) is 37.3 Å². The third kappa shape index (κ3) is 11.0. The Bertz CT molecular complexity index is 1430. The summed E-state index contributed by atoms with van der Waals surface area (Å²) in [5.74, 6) is -0.138. The Morgan fingerprint density at radius 2 is 1.52 bits per heavy atom. The molecule has 0 aliphatic rings. The van der Waals surface area contributed by atoms with Crippen molar-refractivity contribution in [3.05, 3.63) is 95.1 Å². The van der Waals surface area contributed by atoms with Gasteiger partial charge in [-0.15, -0.1) is 0 Å². The molecule has 2 atom stereocenters. The van der Waals surface area contributed by atoms with Crippen LogP contribution in [-0.4, -0.2) is 66.6 Å². The van der Waals surface area contributed by atoms with Gasteiger partial charge in [0.1, 0.15) is 5.75 Å². The number of aliphatic hydroxyl groups excluding tert-OH is 1. The Morgan fingerprint density at radius 3 is 2.15 bits per heavy atom.